The van der Waals surface area contributed by atoms with Crippen LogP contribution in [0.15, 0.2) is 103 Å². The predicted octanol–water partition coefficient (Wildman–Crippen LogP) is 6.41. The first-order chi connectivity index (χ1) is 28.7. The van der Waals surface area contributed by atoms with Gasteiger partial charge in [0.2, 0.25) is 5.91 Å². The molecule has 2 N–H and O–H groups in total. The first-order valence-corrected chi connectivity index (χ1v) is 20.3. The van der Waals surface area contributed by atoms with Gasteiger partial charge in [-0.05, 0) is 107 Å². The number of anilines is 1. The first kappa shape index (κ1) is 39.5. The molecule has 5 aromatic rings. The van der Waals surface area contributed by atoms with Crippen molar-refractivity contribution in [1.29, 1.82) is 0 Å². The SMILES string of the molecule is CNC(=O)C(CCC=O)N(C)C(=O)c1cc2c(cc1C=O)CN(c1ccc(CN3CC(Oc4ccc(C5c6ccc(O)cc6CCC5c5ccccc5)cc4)C3)cn1)C2. The molecule has 2 aliphatic heterocycles. The van der Waals surface area contributed by atoms with Crippen molar-refractivity contribution >= 4 is 30.2 Å². The molecule has 0 saturated carbocycles. The number of hydrogen-bond acceptors (Lipinski definition) is 9. The molecule has 2 amide bonds. The number of aryl methyl sites for hydroxylation is 1. The number of pyridine rings is 1. The number of fused-ring (bicyclic) bond motifs is 2. The van der Waals surface area contributed by atoms with E-state index in [4.69, 9.17) is 9.72 Å². The normalized spacial score (nSPS) is 17.9. The van der Waals surface area contributed by atoms with E-state index in [1.807, 2.05) is 18.3 Å². The Morgan fingerprint density at radius 2 is 1.69 bits per heavy atom. The molecule has 59 heavy (non-hydrogen) atoms. The van der Waals surface area contributed by atoms with E-state index in [9.17, 15) is 24.3 Å². The molecule has 3 unspecified atom stereocenters. The number of phenolic OH excluding ortho intramolecular Hbond substituents is 1. The minimum absolute atomic E-state index is 0.102. The first-order valence-electron chi connectivity index (χ1n) is 20.3. The maximum Gasteiger partial charge on any atom is 0.255 e. The van der Waals surface area contributed by atoms with E-state index < -0.39 is 11.9 Å². The average Bonchev–Trinajstić information content (AvgIpc) is 3.68. The molecule has 1 saturated heterocycles. The minimum atomic E-state index is -0.838. The van der Waals surface area contributed by atoms with Gasteiger partial charge in [-0.15, -0.1) is 0 Å². The summed E-state index contributed by atoms with van der Waals surface area (Å²) in [5, 5.41) is 12.8. The van der Waals surface area contributed by atoms with Crippen LogP contribution in [0, 0.1) is 0 Å². The standard InChI is InChI=1S/C48H49N5O6/c1-49-47(57)44(9-6-20-54)51(2)48(58)43-23-36-27-53(26-35(36)21-37(43)30-55)45-19-10-31(24-50-45)25-52-28-40(29-52)59-39-15-11-33(12-16-39)46-41(32-7-4-3-5-8-32)17-13-34-22-38(56)14-18-42(34)46/h3-5,7-8,10-12,14-16,18-24,30,40-41,44,46,56H,6,9,13,17,25-29H2,1-2H3,(H,49,57). The number of benzene rings is 4. The number of likely N-dealkylation sites (tertiary alicyclic amines) is 1. The predicted molar refractivity (Wildman–Crippen MR) is 225 cm³/mol. The van der Waals surface area contributed by atoms with E-state index in [0.29, 0.717) is 31.0 Å². The highest BCUT2D eigenvalue weighted by Gasteiger charge is 2.34. The van der Waals surface area contributed by atoms with E-state index in [-0.39, 0.29) is 41.9 Å². The second-order valence-electron chi connectivity index (χ2n) is 15.9. The van der Waals surface area contributed by atoms with E-state index in [2.05, 4.69) is 81.8 Å². The summed E-state index contributed by atoms with van der Waals surface area (Å²) in [5.41, 5.74) is 8.53. The molecule has 302 valence electrons. The maximum absolute atomic E-state index is 13.6. The highest BCUT2D eigenvalue weighted by Crippen LogP contribution is 2.47. The zero-order valence-electron chi connectivity index (χ0n) is 33.4. The third kappa shape index (κ3) is 8.33. The largest absolute Gasteiger partial charge is 0.508 e. The van der Waals surface area contributed by atoms with Crippen LogP contribution in [-0.2, 0) is 35.6 Å². The minimum Gasteiger partial charge on any atom is -0.508 e. The van der Waals surface area contributed by atoms with Crippen LogP contribution in [0.25, 0.3) is 0 Å². The molecule has 0 radical (unpaired) electrons. The van der Waals surface area contributed by atoms with Gasteiger partial charge >= 0.3 is 0 Å². The van der Waals surface area contributed by atoms with E-state index in [0.717, 1.165) is 67.0 Å². The van der Waals surface area contributed by atoms with Crippen LogP contribution < -0.4 is 15.0 Å². The highest BCUT2D eigenvalue weighted by molar-refractivity contribution is 6.03. The summed E-state index contributed by atoms with van der Waals surface area (Å²) in [5.74, 6) is 1.70. The number of aldehydes is 2. The molecular formula is C48H49N5O6. The molecule has 0 spiro atoms. The topological polar surface area (TPSA) is 132 Å². The summed E-state index contributed by atoms with van der Waals surface area (Å²) in [6, 6.07) is 31.9. The van der Waals surface area contributed by atoms with Gasteiger partial charge in [0, 0.05) is 70.9 Å². The van der Waals surface area contributed by atoms with Gasteiger partial charge in [-0.25, -0.2) is 4.98 Å². The van der Waals surface area contributed by atoms with Crippen LogP contribution in [0.3, 0.4) is 0 Å². The number of phenols is 1. The van der Waals surface area contributed by atoms with Crippen LogP contribution in [0.4, 0.5) is 5.82 Å². The lowest BCUT2D eigenvalue weighted by atomic mass is 9.69. The van der Waals surface area contributed by atoms with Crippen molar-refractivity contribution in [3.05, 3.63) is 153 Å². The van der Waals surface area contributed by atoms with Gasteiger partial charge < -0.3 is 29.8 Å². The van der Waals surface area contributed by atoms with Gasteiger partial charge in [0.1, 0.15) is 35.7 Å². The summed E-state index contributed by atoms with van der Waals surface area (Å²) < 4.78 is 6.40. The van der Waals surface area contributed by atoms with Gasteiger partial charge in [-0.3, -0.25) is 19.3 Å². The number of aromatic hydroxyl groups is 1. The molecule has 1 fully saturated rings. The number of aromatic nitrogens is 1. The monoisotopic (exact) mass is 791 g/mol. The zero-order valence-corrected chi connectivity index (χ0v) is 33.4. The lowest BCUT2D eigenvalue weighted by Crippen LogP contribution is -2.53. The van der Waals surface area contributed by atoms with E-state index in [1.165, 1.54) is 41.2 Å². The average molecular weight is 792 g/mol. The van der Waals surface area contributed by atoms with Crippen molar-refractivity contribution in [3.63, 3.8) is 0 Å². The number of nitrogens with zero attached hydrogens (tertiary/aromatic N) is 4. The van der Waals surface area contributed by atoms with Crippen molar-refractivity contribution in [2.45, 2.75) is 69.3 Å². The lowest BCUT2D eigenvalue weighted by Gasteiger charge is -2.39. The molecular weight excluding hydrogens is 743 g/mol. The number of rotatable bonds is 14. The van der Waals surface area contributed by atoms with Crippen molar-refractivity contribution in [2.24, 2.45) is 0 Å². The number of hydrogen-bond donors (Lipinski definition) is 2. The molecule has 4 aromatic carbocycles. The summed E-state index contributed by atoms with van der Waals surface area (Å²) in [6.07, 6.45) is 5.67. The Morgan fingerprint density at radius 3 is 2.39 bits per heavy atom. The van der Waals surface area contributed by atoms with Crippen molar-refractivity contribution in [2.75, 3.05) is 32.1 Å². The van der Waals surface area contributed by atoms with Crippen LogP contribution in [0.5, 0.6) is 11.5 Å². The highest BCUT2D eigenvalue weighted by atomic mass is 16.5. The maximum atomic E-state index is 13.6. The Hall–Kier alpha value is -6.33. The molecule has 3 aliphatic rings. The van der Waals surface area contributed by atoms with Crippen LogP contribution in [0.1, 0.15) is 90.8 Å². The van der Waals surface area contributed by atoms with E-state index in [1.54, 1.807) is 18.2 Å². The Balaban J connectivity index is 0.858. The Morgan fingerprint density at radius 1 is 0.932 bits per heavy atom. The quantitative estimate of drug-likeness (QED) is 0.123. The van der Waals surface area contributed by atoms with Gasteiger partial charge in [0.15, 0.2) is 6.29 Å². The molecule has 0 bridgehead atoms. The summed E-state index contributed by atoms with van der Waals surface area (Å²) >= 11 is 0. The van der Waals surface area contributed by atoms with Crippen molar-refractivity contribution in [1.82, 2.24) is 20.1 Å². The van der Waals surface area contributed by atoms with Gasteiger partial charge in [0.05, 0.1) is 5.56 Å². The fourth-order valence-corrected chi connectivity index (χ4v) is 9.04. The lowest BCUT2D eigenvalue weighted by molar-refractivity contribution is -0.125. The third-order valence-electron chi connectivity index (χ3n) is 12.2. The van der Waals surface area contributed by atoms with Crippen LogP contribution in [0.2, 0.25) is 0 Å². The third-order valence-corrected chi connectivity index (χ3v) is 12.2. The van der Waals surface area contributed by atoms with Gasteiger partial charge in [-0.1, -0.05) is 54.6 Å². The second-order valence-corrected chi connectivity index (χ2v) is 15.9. The van der Waals surface area contributed by atoms with Gasteiger partial charge in [-0.2, -0.15) is 0 Å². The number of amides is 2. The second kappa shape index (κ2) is 17.3. The molecule has 11 heteroatoms. The Labute approximate surface area is 344 Å². The summed E-state index contributed by atoms with van der Waals surface area (Å²) in [7, 11) is 3.00. The van der Waals surface area contributed by atoms with Gasteiger partial charge in [0.25, 0.3) is 5.91 Å². The van der Waals surface area contributed by atoms with Crippen LogP contribution >= 0.6 is 0 Å². The van der Waals surface area contributed by atoms with Crippen LogP contribution in [-0.4, -0.2) is 83.6 Å². The molecule has 11 nitrogen and oxygen atoms in total. The van der Waals surface area contributed by atoms with E-state index >= 15 is 0 Å². The Kier molecular flexibility index (Phi) is 11.6. The number of carbonyl (C=O) groups excluding carboxylic acids is 4. The number of nitrogens with one attached hydrogen (secondary N) is 1. The number of ether oxygens (including phenoxy) is 1. The molecule has 8 rings (SSSR count). The molecule has 3 atom stereocenters. The van der Waals surface area contributed by atoms with Crippen molar-refractivity contribution < 1.29 is 29.0 Å². The smallest absolute Gasteiger partial charge is 0.255 e. The fraction of sp³-hybridized carbons (Fsp3) is 0.312. The molecule has 3 heterocycles. The fourth-order valence-electron chi connectivity index (χ4n) is 9.04. The Bertz CT molecular complexity index is 2330. The molecule has 1 aliphatic carbocycles. The summed E-state index contributed by atoms with van der Waals surface area (Å²) in [6.45, 7) is 3.46. The molecule has 1 aromatic heterocycles. The van der Waals surface area contributed by atoms with Crippen molar-refractivity contribution in [3.8, 4) is 11.5 Å². The number of likely N-dealkylation sites (N-methyl/N-ethyl adjacent to an activating group) is 2. The zero-order chi connectivity index (χ0) is 41.0. The number of carbonyl (C=O) groups is 4. The summed E-state index contributed by atoms with van der Waals surface area (Å²) in [4.78, 5) is 59.8.